The fourth-order valence-electron chi connectivity index (χ4n) is 3.37. The summed E-state index contributed by atoms with van der Waals surface area (Å²) in [6, 6.07) is 4.22. The summed E-state index contributed by atoms with van der Waals surface area (Å²) in [6.45, 7) is 2.27. The zero-order valence-electron chi connectivity index (χ0n) is 10.4. The zero-order chi connectivity index (χ0) is 11.7. The number of hydrogen-bond donors (Lipinski definition) is 0. The molecule has 1 aromatic rings. The Bertz CT molecular complexity index is 399. The van der Waals surface area contributed by atoms with Crippen LogP contribution in [-0.4, -0.2) is 23.5 Å². The normalized spacial score (nSPS) is 30.4. The molecule has 1 aromatic heterocycles. The van der Waals surface area contributed by atoms with Crippen LogP contribution in [0.2, 0.25) is 0 Å². The van der Waals surface area contributed by atoms with Crippen LogP contribution in [0.3, 0.4) is 0 Å². The summed E-state index contributed by atoms with van der Waals surface area (Å²) >= 11 is 0. The lowest BCUT2D eigenvalue weighted by Crippen LogP contribution is -2.27. The van der Waals surface area contributed by atoms with E-state index in [0.29, 0.717) is 0 Å². The quantitative estimate of drug-likeness (QED) is 0.737. The van der Waals surface area contributed by atoms with E-state index in [1.54, 1.807) is 0 Å². The maximum atomic E-state index is 4.06. The molecule has 0 amide bonds. The van der Waals surface area contributed by atoms with Crippen molar-refractivity contribution in [2.45, 2.75) is 19.4 Å². The minimum atomic E-state index is 0.861. The van der Waals surface area contributed by atoms with Crippen molar-refractivity contribution in [2.24, 2.45) is 17.8 Å². The first kappa shape index (κ1) is 11.0. The van der Waals surface area contributed by atoms with E-state index in [1.165, 1.54) is 24.9 Å². The standard InChI is InChI=1S/C15H20N2/c1-17(10-12-4-6-16-7-5-12)11-15-9-13-2-3-14(15)8-13/h2-7,13-15H,8-11H2,1H3/t13-,14-,15+/m0/s1. The topological polar surface area (TPSA) is 16.1 Å². The van der Waals surface area contributed by atoms with Gasteiger partial charge in [-0.3, -0.25) is 4.98 Å². The van der Waals surface area contributed by atoms with Gasteiger partial charge in [0, 0.05) is 25.5 Å². The van der Waals surface area contributed by atoms with Crippen molar-refractivity contribution in [3.8, 4) is 0 Å². The van der Waals surface area contributed by atoms with Gasteiger partial charge in [0.05, 0.1) is 0 Å². The average Bonchev–Trinajstić information content (AvgIpc) is 2.92. The van der Waals surface area contributed by atoms with E-state index in [1.807, 2.05) is 12.4 Å². The second-order valence-corrected chi connectivity index (χ2v) is 5.59. The highest BCUT2D eigenvalue weighted by Crippen LogP contribution is 2.43. The monoisotopic (exact) mass is 228 g/mol. The largest absolute Gasteiger partial charge is 0.302 e. The molecule has 2 aliphatic carbocycles. The molecule has 0 radical (unpaired) electrons. The zero-order valence-corrected chi connectivity index (χ0v) is 10.4. The van der Waals surface area contributed by atoms with E-state index < -0.39 is 0 Å². The summed E-state index contributed by atoms with van der Waals surface area (Å²) in [6.07, 6.45) is 11.4. The predicted molar refractivity (Wildman–Crippen MR) is 69.4 cm³/mol. The van der Waals surface area contributed by atoms with Gasteiger partial charge in [0.15, 0.2) is 0 Å². The molecule has 2 aliphatic rings. The summed E-state index contributed by atoms with van der Waals surface area (Å²) in [5.41, 5.74) is 1.36. The Morgan fingerprint density at radius 3 is 2.71 bits per heavy atom. The second-order valence-electron chi connectivity index (χ2n) is 5.59. The highest BCUT2D eigenvalue weighted by molar-refractivity contribution is 5.11. The highest BCUT2D eigenvalue weighted by Gasteiger charge is 2.35. The molecule has 0 unspecified atom stereocenters. The van der Waals surface area contributed by atoms with E-state index in [-0.39, 0.29) is 0 Å². The summed E-state index contributed by atoms with van der Waals surface area (Å²) in [4.78, 5) is 6.51. The van der Waals surface area contributed by atoms with Gasteiger partial charge in [0.25, 0.3) is 0 Å². The fraction of sp³-hybridized carbons (Fsp3) is 0.533. The van der Waals surface area contributed by atoms with E-state index in [0.717, 1.165) is 24.3 Å². The van der Waals surface area contributed by atoms with Crippen LogP contribution in [0.15, 0.2) is 36.7 Å². The van der Waals surface area contributed by atoms with Gasteiger partial charge in [-0.2, -0.15) is 0 Å². The molecule has 3 atom stereocenters. The van der Waals surface area contributed by atoms with E-state index >= 15 is 0 Å². The number of hydrogen-bond acceptors (Lipinski definition) is 2. The molecule has 1 heterocycles. The van der Waals surface area contributed by atoms with Crippen LogP contribution in [0.5, 0.6) is 0 Å². The first-order valence-electron chi connectivity index (χ1n) is 6.57. The summed E-state index contributed by atoms with van der Waals surface area (Å²) in [7, 11) is 2.23. The molecule has 3 rings (SSSR count). The number of allylic oxidation sites excluding steroid dienone is 2. The molecule has 2 nitrogen and oxygen atoms in total. The van der Waals surface area contributed by atoms with Crippen molar-refractivity contribution in [2.75, 3.05) is 13.6 Å². The van der Waals surface area contributed by atoms with Crippen LogP contribution in [0, 0.1) is 17.8 Å². The molecule has 17 heavy (non-hydrogen) atoms. The molecule has 90 valence electrons. The molecule has 1 saturated carbocycles. The van der Waals surface area contributed by atoms with Crippen molar-refractivity contribution >= 4 is 0 Å². The third kappa shape index (κ3) is 2.42. The lowest BCUT2D eigenvalue weighted by atomic mass is 9.93. The Kier molecular flexibility index (Phi) is 2.98. The van der Waals surface area contributed by atoms with Gasteiger partial charge < -0.3 is 4.90 Å². The van der Waals surface area contributed by atoms with Gasteiger partial charge in [-0.05, 0) is 55.3 Å². The lowest BCUT2D eigenvalue weighted by molar-refractivity contribution is 0.248. The van der Waals surface area contributed by atoms with Crippen LogP contribution < -0.4 is 0 Å². The molecule has 1 fully saturated rings. The minimum Gasteiger partial charge on any atom is -0.302 e. The van der Waals surface area contributed by atoms with E-state index in [2.05, 4.69) is 41.2 Å². The number of pyridine rings is 1. The number of nitrogens with zero attached hydrogens (tertiary/aromatic N) is 2. The number of aromatic nitrogens is 1. The highest BCUT2D eigenvalue weighted by atomic mass is 15.1. The Balaban J connectivity index is 1.54. The Hall–Kier alpha value is -1.15. The van der Waals surface area contributed by atoms with Crippen molar-refractivity contribution in [3.63, 3.8) is 0 Å². The first-order chi connectivity index (χ1) is 8.31. The molecule has 0 N–H and O–H groups in total. The van der Waals surface area contributed by atoms with Gasteiger partial charge in [-0.25, -0.2) is 0 Å². The lowest BCUT2D eigenvalue weighted by Gasteiger charge is -2.25. The smallest absolute Gasteiger partial charge is 0.0271 e. The third-order valence-corrected chi connectivity index (χ3v) is 4.16. The molecule has 0 aliphatic heterocycles. The summed E-state index contributed by atoms with van der Waals surface area (Å²) in [5.74, 6) is 2.64. The van der Waals surface area contributed by atoms with Gasteiger partial charge in [0.2, 0.25) is 0 Å². The Morgan fingerprint density at radius 2 is 2.06 bits per heavy atom. The van der Waals surface area contributed by atoms with Crippen molar-refractivity contribution in [1.29, 1.82) is 0 Å². The van der Waals surface area contributed by atoms with Crippen LogP contribution >= 0.6 is 0 Å². The van der Waals surface area contributed by atoms with Gasteiger partial charge in [-0.1, -0.05) is 12.2 Å². The van der Waals surface area contributed by atoms with Crippen molar-refractivity contribution in [1.82, 2.24) is 9.88 Å². The van der Waals surface area contributed by atoms with Crippen LogP contribution in [0.25, 0.3) is 0 Å². The van der Waals surface area contributed by atoms with Gasteiger partial charge in [0.1, 0.15) is 0 Å². The molecular formula is C15H20N2. The third-order valence-electron chi connectivity index (χ3n) is 4.16. The molecular weight excluding hydrogens is 208 g/mol. The minimum absolute atomic E-state index is 0.861. The molecule has 2 bridgehead atoms. The van der Waals surface area contributed by atoms with Crippen molar-refractivity contribution in [3.05, 3.63) is 42.2 Å². The first-order valence-corrected chi connectivity index (χ1v) is 6.57. The van der Waals surface area contributed by atoms with Gasteiger partial charge in [-0.15, -0.1) is 0 Å². The molecule has 2 heteroatoms. The molecule has 0 saturated heterocycles. The number of rotatable bonds is 4. The Labute approximate surface area is 103 Å². The summed E-state index contributed by atoms with van der Waals surface area (Å²) < 4.78 is 0. The summed E-state index contributed by atoms with van der Waals surface area (Å²) in [5, 5.41) is 0. The van der Waals surface area contributed by atoms with Crippen molar-refractivity contribution < 1.29 is 0 Å². The average molecular weight is 228 g/mol. The van der Waals surface area contributed by atoms with E-state index in [9.17, 15) is 0 Å². The van der Waals surface area contributed by atoms with Crippen LogP contribution in [0.1, 0.15) is 18.4 Å². The van der Waals surface area contributed by atoms with Crippen LogP contribution in [0.4, 0.5) is 0 Å². The second kappa shape index (κ2) is 4.61. The van der Waals surface area contributed by atoms with E-state index in [4.69, 9.17) is 0 Å². The maximum absolute atomic E-state index is 4.06. The molecule has 0 aromatic carbocycles. The maximum Gasteiger partial charge on any atom is 0.0271 e. The number of fused-ring (bicyclic) bond motifs is 2. The predicted octanol–water partition coefficient (Wildman–Crippen LogP) is 2.73. The molecule has 0 spiro atoms. The fourth-order valence-corrected chi connectivity index (χ4v) is 3.37. The SMILES string of the molecule is CN(Cc1ccncc1)C[C@H]1C[C@H]2C=C[C@H]1C2. The Morgan fingerprint density at radius 1 is 1.24 bits per heavy atom. The van der Waals surface area contributed by atoms with Crippen LogP contribution in [-0.2, 0) is 6.54 Å². The van der Waals surface area contributed by atoms with Gasteiger partial charge >= 0.3 is 0 Å².